The van der Waals surface area contributed by atoms with Crippen molar-refractivity contribution >= 4 is 11.6 Å². The molecule has 3 heterocycles. The molecule has 0 saturated carbocycles. The first-order valence-electron chi connectivity index (χ1n) is 6.66. The van der Waals surface area contributed by atoms with Crippen molar-refractivity contribution in [3.05, 3.63) is 31.2 Å². The predicted molar refractivity (Wildman–Crippen MR) is 73.3 cm³/mol. The largest absolute Gasteiger partial charge is 0.390 e. The second kappa shape index (κ2) is 4.51. The summed E-state index contributed by atoms with van der Waals surface area (Å²) in [5.41, 5.74) is 0.877. The van der Waals surface area contributed by atoms with E-state index < -0.39 is 6.10 Å². The number of aromatic nitrogens is 2. The first kappa shape index (κ1) is 12.4. The van der Waals surface area contributed by atoms with Crippen LogP contribution in [0.25, 0.3) is 5.70 Å². The molecule has 1 saturated heterocycles. The van der Waals surface area contributed by atoms with E-state index >= 15 is 0 Å². The summed E-state index contributed by atoms with van der Waals surface area (Å²) >= 11 is 0. The SMILES string of the molecule is C=C1C=CN(C2OC(CC)[C@@H](O)[C@H]2C)c2nccn21. The highest BCUT2D eigenvalue weighted by Crippen LogP contribution is 2.35. The Bertz CT molecular complexity index is 523. The number of fused-ring (bicyclic) bond motifs is 1. The van der Waals surface area contributed by atoms with E-state index in [-0.39, 0.29) is 18.2 Å². The van der Waals surface area contributed by atoms with Crippen molar-refractivity contribution in [2.24, 2.45) is 5.92 Å². The number of rotatable bonds is 2. The average molecular weight is 261 g/mol. The van der Waals surface area contributed by atoms with Gasteiger partial charge in [0.15, 0.2) is 0 Å². The molecule has 2 unspecified atom stereocenters. The number of ether oxygens (including phenoxy) is 1. The molecular weight excluding hydrogens is 242 g/mol. The van der Waals surface area contributed by atoms with Crippen LogP contribution in [0, 0.1) is 5.92 Å². The maximum Gasteiger partial charge on any atom is 0.216 e. The number of aliphatic hydroxyl groups is 1. The number of imidazole rings is 1. The van der Waals surface area contributed by atoms with Gasteiger partial charge in [-0.3, -0.25) is 9.47 Å². The Morgan fingerprint density at radius 3 is 3.00 bits per heavy atom. The number of allylic oxidation sites excluding steroid dienone is 2. The van der Waals surface area contributed by atoms with Crippen LogP contribution in [0.3, 0.4) is 0 Å². The molecule has 2 aliphatic heterocycles. The van der Waals surface area contributed by atoms with Crippen LogP contribution in [-0.4, -0.2) is 33.1 Å². The Morgan fingerprint density at radius 2 is 2.32 bits per heavy atom. The lowest BCUT2D eigenvalue weighted by atomic mass is 10.0. The van der Waals surface area contributed by atoms with Gasteiger partial charge in [-0.25, -0.2) is 4.98 Å². The van der Waals surface area contributed by atoms with Gasteiger partial charge in [0.05, 0.1) is 12.2 Å². The molecule has 0 spiro atoms. The van der Waals surface area contributed by atoms with Crippen LogP contribution < -0.4 is 4.90 Å². The van der Waals surface area contributed by atoms with Crippen molar-refractivity contribution in [2.45, 2.75) is 38.7 Å². The number of hydrogen-bond acceptors (Lipinski definition) is 4. The Hall–Kier alpha value is -1.59. The summed E-state index contributed by atoms with van der Waals surface area (Å²) in [6.45, 7) is 8.01. The van der Waals surface area contributed by atoms with E-state index in [1.165, 1.54) is 0 Å². The fourth-order valence-corrected chi connectivity index (χ4v) is 2.77. The molecule has 3 rings (SSSR count). The predicted octanol–water partition coefficient (Wildman–Crippen LogP) is 1.82. The highest BCUT2D eigenvalue weighted by Gasteiger charge is 2.43. The molecule has 1 aromatic rings. The lowest BCUT2D eigenvalue weighted by Crippen LogP contribution is -2.38. The third-order valence-electron chi connectivity index (χ3n) is 3.95. The van der Waals surface area contributed by atoms with Crippen molar-refractivity contribution in [1.29, 1.82) is 0 Å². The molecule has 4 atom stereocenters. The molecule has 1 aromatic heterocycles. The molecular formula is C14H19N3O2. The summed E-state index contributed by atoms with van der Waals surface area (Å²) in [5.74, 6) is 0.819. The van der Waals surface area contributed by atoms with Crippen molar-refractivity contribution in [2.75, 3.05) is 4.90 Å². The minimum Gasteiger partial charge on any atom is -0.390 e. The summed E-state index contributed by atoms with van der Waals surface area (Å²) in [6, 6.07) is 0. The van der Waals surface area contributed by atoms with Gasteiger partial charge < -0.3 is 9.84 Å². The Kier molecular flexibility index (Phi) is 2.95. The van der Waals surface area contributed by atoms with E-state index in [9.17, 15) is 5.11 Å². The van der Waals surface area contributed by atoms with E-state index in [0.29, 0.717) is 0 Å². The minimum atomic E-state index is -0.433. The Morgan fingerprint density at radius 1 is 1.53 bits per heavy atom. The van der Waals surface area contributed by atoms with Gasteiger partial charge in [0, 0.05) is 30.2 Å². The molecule has 0 bridgehead atoms. The molecule has 0 aromatic carbocycles. The molecule has 19 heavy (non-hydrogen) atoms. The van der Waals surface area contributed by atoms with E-state index in [2.05, 4.69) is 11.6 Å². The van der Waals surface area contributed by atoms with Crippen LogP contribution in [0.4, 0.5) is 5.95 Å². The molecule has 102 valence electrons. The highest BCUT2D eigenvalue weighted by atomic mass is 16.5. The van der Waals surface area contributed by atoms with Gasteiger partial charge in [0.25, 0.3) is 0 Å². The summed E-state index contributed by atoms with van der Waals surface area (Å²) in [5, 5.41) is 10.2. The first-order chi connectivity index (χ1) is 9.13. The van der Waals surface area contributed by atoms with Crippen molar-refractivity contribution < 1.29 is 9.84 Å². The Balaban J connectivity index is 1.92. The number of nitrogens with zero attached hydrogens (tertiary/aromatic N) is 3. The molecule has 5 heteroatoms. The molecule has 2 aliphatic rings. The smallest absolute Gasteiger partial charge is 0.216 e. The zero-order chi connectivity index (χ0) is 13.6. The van der Waals surface area contributed by atoms with E-state index in [1.807, 2.05) is 41.8 Å². The zero-order valence-electron chi connectivity index (χ0n) is 11.2. The van der Waals surface area contributed by atoms with E-state index in [4.69, 9.17) is 4.74 Å². The third kappa shape index (κ3) is 1.81. The van der Waals surface area contributed by atoms with Crippen molar-refractivity contribution in [3.8, 4) is 0 Å². The maximum atomic E-state index is 10.2. The highest BCUT2D eigenvalue weighted by molar-refractivity contribution is 5.65. The molecule has 5 nitrogen and oxygen atoms in total. The van der Waals surface area contributed by atoms with Gasteiger partial charge in [-0.05, 0) is 12.5 Å². The molecule has 1 N–H and O–H groups in total. The number of hydrogen-bond donors (Lipinski definition) is 1. The van der Waals surface area contributed by atoms with Crippen molar-refractivity contribution in [1.82, 2.24) is 9.55 Å². The molecule has 1 fully saturated rings. The zero-order valence-corrected chi connectivity index (χ0v) is 11.2. The summed E-state index contributed by atoms with van der Waals surface area (Å²) in [6.07, 6.45) is 7.55. The standard InChI is InChI=1S/C14H19N3O2/c1-4-11-12(18)10(3)13(19-11)17-7-5-9(2)16-8-6-15-14(16)17/h5-8,10-13,18H,2,4H2,1,3H3/t10-,11?,12+,13?/m1/s1. The minimum absolute atomic E-state index is 0.0334. The Labute approximate surface area is 112 Å². The molecule has 0 radical (unpaired) electrons. The van der Waals surface area contributed by atoms with Crippen LogP contribution in [0.1, 0.15) is 20.3 Å². The fraction of sp³-hybridized carbons (Fsp3) is 0.500. The second-order valence-corrected chi connectivity index (χ2v) is 5.13. The van der Waals surface area contributed by atoms with E-state index in [0.717, 1.165) is 18.1 Å². The van der Waals surface area contributed by atoms with Gasteiger partial charge in [0.1, 0.15) is 6.23 Å². The first-order valence-corrected chi connectivity index (χ1v) is 6.66. The lowest BCUT2D eigenvalue weighted by Gasteiger charge is -2.31. The van der Waals surface area contributed by atoms with Gasteiger partial charge in [-0.15, -0.1) is 0 Å². The number of aliphatic hydroxyl groups excluding tert-OH is 1. The van der Waals surface area contributed by atoms with Crippen LogP contribution in [-0.2, 0) is 4.74 Å². The maximum absolute atomic E-state index is 10.2. The van der Waals surface area contributed by atoms with Crippen LogP contribution in [0.15, 0.2) is 31.2 Å². The summed E-state index contributed by atoms with van der Waals surface area (Å²) in [4.78, 5) is 6.33. The molecule has 0 amide bonds. The second-order valence-electron chi connectivity index (χ2n) is 5.13. The monoisotopic (exact) mass is 261 g/mol. The fourth-order valence-electron chi connectivity index (χ4n) is 2.77. The normalized spacial score (nSPS) is 33.8. The van der Waals surface area contributed by atoms with Gasteiger partial charge >= 0.3 is 0 Å². The van der Waals surface area contributed by atoms with Crippen LogP contribution in [0.5, 0.6) is 0 Å². The average Bonchev–Trinajstić information content (AvgIpc) is 2.99. The van der Waals surface area contributed by atoms with Crippen LogP contribution in [0.2, 0.25) is 0 Å². The topological polar surface area (TPSA) is 50.5 Å². The molecule has 0 aliphatic carbocycles. The van der Waals surface area contributed by atoms with Crippen molar-refractivity contribution in [3.63, 3.8) is 0 Å². The van der Waals surface area contributed by atoms with Gasteiger partial charge in [-0.2, -0.15) is 0 Å². The number of anilines is 1. The van der Waals surface area contributed by atoms with E-state index in [1.54, 1.807) is 6.20 Å². The van der Waals surface area contributed by atoms with Gasteiger partial charge in [-0.1, -0.05) is 20.4 Å². The lowest BCUT2D eigenvalue weighted by molar-refractivity contribution is 0.00979. The third-order valence-corrected chi connectivity index (χ3v) is 3.95. The summed E-state index contributed by atoms with van der Waals surface area (Å²) < 4.78 is 7.90. The summed E-state index contributed by atoms with van der Waals surface area (Å²) in [7, 11) is 0. The quantitative estimate of drug-likeness (QED) is 0.882. The van der Waals surface area contributed by atoms with Gasteiger partial charge in [0.2, 0.25) is 5.95 Å². The van der Waals surface area contributed by atoms with Crippen LogP contribution >= 0.6 is 0 Å².